The maximum absolute atomic E-state index is 3.41. The summed E-state index contributed by atoms with van der Waals surface area (Å²) in [6.45, 7) is 7.98. The van der Waals surface area contributed by atoms with E-state index in [1.165, 1.54) is 49.8 Å². The van der Waals surface area contributed by atoms with E-state index in [9.17, 15) is 0 Å². The third-order valence-electron chi connectivity index (χ3n) is 5.07. The van der Waals surface area contributed by atoms with Crippen molar-refractivity contribution in [3.8, 4) is 0 Å². The summed E-state index contributed by atoms with van der Waals surface area (Å²) in [5.74, 6) is 2.69. The van der Waals surface area contributed by atoms with Crippen molar-refractivity contribution in [2.75, 3.05) is 13.6 Å². The average Bonchev–Trinajstić information content (AvgIpc) is 2.40. The molecule has 20 heavy (non-hydrogen) atoms. The standard InChI is InChI=1S/C19H31N/c1-5-16-6-7-18(13-20-4)19(11-16)12-17-9-14(2)8-15(3)10-17/h8-10,16,18-20H,5-7,11-13H2,1-4H3. The van der Waals surface area contributed by atoms with Gasteiger partial charge in [0.1, 0.15) is 0 Å². The summed E-state index contributed by atoms with van der Waals surface area (Å²) in [6, 6.07) is 7.06. The molecule has 1 aliphatic rings. The van der Waals surface area contributed by atoms with E-state index in [0.717, 1.165) is 17.8 Å². The fourth-order valence-corrected chi connectivity index (χ4v) is 4.07. The first-order chi connectivity index (χ1) is 9.62. The number of nitrogens with one attached hydrogen (secondary N) is 1. The van der Waals surface area contributed by atoms with Crippen LogP contribution in [0.2, 0.25) is 0 Å². The highest BCUT2D eigenvalue weighted by Gasteiger charge is 2.29. The fraction of sp³-hybridized carbons (Fsp3) is 0.684. The molecule has 0 radical (unpaired) electrons. The molecule has 1 N–H and O–H groups in total. The minimum atomic E-state index is 0.863. The third kappa shape index (κ3) is 4.09. The van der Waals surface area contributed by atoms with Crippen LogP contribution in [0.4, 0.5) is 0 Å². The van der Waals surface area contributed by atoms with Crippen molar-refractivity contribution in [2.45, 2.75) is 52.9 Å². The maximum Gasteiger partial charge on any atom is -0.00208 e. The highest BCUT2D eigenvalue weighted by atomic mass is 14.8. The summed E-state index contributed by atoms with van der Waals surface area (Å²) in [5, 5.41) is 3.41. The van der Waals surface area contributed by atoms with E-state index in [1.807, 2.05) is 0 Å². The first kappa shape index (κ1) is 15.6. The zero-order valence-electron chi connectivity index (χ0n) is 13.7. The SMILES string of the molecule is CCC1CCC(CNC)C(Cc2cc(C)cc(C)c2)C1. The van der Waals surface area contributed by atoms with Gasteiger partial charge in [-0.15, -0.1) is 0 Å². The molecule has 0 aliphatic heterocycles. The van der Waals surface area contributed by atoms with Gasteiger partial charge in [-0.3, -0.25) is 0 Å². The number of aryl methyl sites for hydroxylation is 2. The third-order valence-corrected chi connectivity index (χ3v) is 5.07. The van der Waals surface area contributed by atoms with E-state index in [4.69, 9.17) is 0 Å². The molecular formula is C19H31N. The monoisotopic (exact) mass is 273 g/mol. The molecule has 1 aliphatic carbocycles. The topological polar surface area (TPSA) is 12.0 Å². The van der Waals surface area contributed by atoms with Crippen LogP contribution in [0.3, 0.4) is 0 Å². The van der Waals surface area contributed by atoms with Gasteiger partial charge in [-0.1, -0.05) is 49.1 Å². The fourth-order valence-electron chi connectivity index (χ4n) is 4.07. The first-order valence-electron chi connectivity index (χ1n) is 8.34. The van der Waals surface area contributed by atoms with Gasteiger partial charge in [-0.05, 0) is 70.0 Å². The van der Waals surface area contributed by atoms with Crippen molar-refractivity contribution in [1.29, 1.82) is 0 Å². The zero-order chi connectivity index (χ0) is 14.5. The minimum absolute atomic E-state index is 0.863. The quantitative estimate of drug-likeness (QED) is 0.832. The summed E-state index contributed by atoms with van der Waals surface area (Å²) >= 11 is 0. The molecule has 3 atom stereocenters. The van der Waals surface area contributed by atoms with Crippen LogP contribution in [-0.2, 0) is 6.42 Å². The number of hydrogen-bond donors (Lipinski definition) is 1. The predicted octanol–water partition coefficient (Wildman–Crippen LogP) is 4.51. The van der Waals surface area contributed by atoms with Gasteiger partial charge in [-0.2, -0.15) is 0 Å². The lowest BCUT2D eigenvalue weighted by Gasteiger charge is -2.36. The lowest BCUT2D eigenvalue weighted by atomic mass is 9.71. The van der Waals surface area contributed by atoms with E-state index in [0.29, 0.717) is 0 Å². The predicted molar refractivity (Wildman–Crippen MR) is 88.2 cm³/mol. The minimum Gasteiger partial charge on any atom is -0.319 e. The molecule has 0 heterocycles. The number of hydrogen-bond acceptors (Lipinski definition) is 1. The lowest BCUT2D eigenvalue weighted by molar-refractivity contribution is 0.173. The van der Waals surface area contributed by atoms with Crippen LogP contribution >= 0.6 is 0 Å². The van der Waals surface area contributed by atoms with E-state index in [-0.39, 0.29) is 0 Å². The lowest BCUT2D eigenvalue weighted by Crippen LogP contribution is -2.33. The van der Waals surface area contributed by atoms with E-state index < -0.39 is 0 Å². The van der Waals surface area contributed by atoms with Gasteiger partial charge in [0.25, 0.3) is 0 Å². The Kier molecular flexibility index (Phi) is 5.65. The first-order valence-corrected chi connectivity index (χ1v) is 8.34. The molecule has 0 bridgehead atoms. The summed E-state index contributed by atoms with van der Waals surface area (Å²) in [6.07, 6.45) is 6.90. The molecule has 3 unspecified atom stereocenters. The van der Waals surface area contributed by atoms with Gasteiger partial charge in [0, 0.05) is 0 Å². The van der Waals surface area contributed by atoms with Crippen LogP contribution in [-0.4, -0.2) is 13.6 Å². The molecule has 0 saturated heterocycles. The van der Waals surface area contributed by atoms with Crippen molar-refractivity contribution in [3.05, 3.63) is 34.9 Å². The molecule has 1 fully saturated rings. The van der Waals surface area contributed by atoms with Gasteiger partial charge < -0.3 is 5.32 Å². The van der Waals surface area contributed by atoms with Gasteiger partial charge in [0.2, 0.25) is 0 Å². The highest BCUT2D eigenvalue weighted by Crippen LogP contribution is 2.37. The molecule has 0 spiro atoms. The number of rotatable bonds is 5. The molecule has 0 amide bonds. The van der Waals surface area contributed by atoms with E-state index in [2.05, 4.69) is 51.3 Å². The molecule has 112 valence electrons. The average molecular weight is 273 g/mol. The molecule has 1 aromatic rings. The second-order valence-corrected chi connectivity index (χ2v) is 6.87. The van der Waals surface area contributed by atoms with Crippen LogP contribution in [0, 0.1) is 31.6 Å². The molecular weight excluding hydrogens is 242 g/mol. The van der Waals surface area contributed by atoms with Crippen LogP contribution in [0.1, 0.15) is 49.3 Å². The summed E-state index contributed by atoms with van der Waals surface area (Å²) < 4.78 is 0. The molecule has 1 heteroatoms. The van der Waals surface area contributed by atoms with Gasteiger partial charge in [-0.25, -0.2) is 0 Å². The second kappa shape index (κ2) is 7.26. The van der Waals surface area contributed by atoms with E-state index in [1.54, 1.807) is 5.56 Å². The summed E-state index contributed by atoms with van der Waals surface area (Å²) in [4.78, 5) is 0. The van der Waals surface area contributed by atoms with Crippen molar-refractivity contribution in [2.24, 2.45) is 17.8 Å². The zero-order valence-corrected chi connectivity index (χ0v) is 13.7. The number of benzene rings is 1. The van der Waals surface area contributed by atoms with Gasteiger partial charge in [0.15, 0.2) is 0 Å². The van der Waals surface area contributed by atoms with Gasteiger partial charge in [0.05, 0.1) is 0 Å². The highest BCUT2D eigenvalue weighted by molar-refractivity contribution is 5.29. The largest absolute Gasteiger partial charge is 0.319 e. The molecule has 0 aromatic heterocycles. The van der Waals surface area contributed by atoms with Crippen molar-refractivity contribution in [3.63, 3.8) is 0 Å². The van der Waals surface area contributed by atoms with Crippen LogP contribution in [0.5, 0.6) is 0 Å². The smallest absolute Gasteiger partial charge is 0.00208 e. The molecule has 1 aromatic carbocycles. The van der Waals surface area contributed by atoms with Crippen LogP contribution < -0.4 is 5.32 Å². The van der Waals surface area contributed by atoms with E-state index >= 15 is 0 Å². The summed E-state index contributed by atoms with van der Waals surface area (Å²) in [7, 11) is 2.10. The van der Waals surface area contributed by atoms with Gasteiger partial charge >= 0.3 is 0 Å². The Morgan fingerprint density at radius 2 is 1.75 bits per heavy atom. The molecule has 1 nitrogen and oxygen atoms in total. The van der Waals surface area contributed by atoms with Crippen molar-refractivity contribution >= 4 is 0 Å². The van der Waals surface area contributed by atoms with Crippen LogP contribution in [0.15, 0.2) is 18.2 Å². The van der Waals surface area contributed by atoms with Crippen molar-refractivity contribution in [1.82, 2.24) is 5.32 Å². The Hall–Kier alpha value is -0.820. The van der Waals surface area contributed by atoms with Crippen molar-refractivity contribution < 1.29 is 0 Å². The molecule has 2 rings (SSSR count). The maximum atomic E-state index is 3.41. The second-order valence-electron chi connectivity index (χ2n) is 6.87. The Labute approximate surface area is 125 Å². The molecule has 1 saturated carbocycles. The Morgan fingerprint density at radius 3 is 2.35 bits per heavy atom. The Bertz CT molecular complexity index is 404. The summed E-state index contributed by atoms with van der Waals surface area (Å²) in [5.41, 5.74) is 4.37. The van der Waals surface area contributed by atoms with Crippen LogP contribution in [0.25, 0.3) is 0 Å². The normalized spacial score (nSPS) is 26.7. The Morgan fingerprint density at radius 1 is 1.05 bits per heavy atom. The Balaban J connectivity index is 2.09.